The van der Waals surface area contributed by atoms with Gasteiger partial charge in [-0.1, -0.05) is 23.2 Å². The number of carbonyl (C=O) groups is 2. The smallest absolute Gasteiger partial charge is 0.306 e. The standard InChI is InChI=1S/C13H15Cl2NO4S/c1-20-9(5-13(18)19)6-16-12(17)7-21-11-4-8(14)2-3-10(11)15/h2-4,9H,5-7H2,1H3,(H,16,17)(H,18,19). The lowest BCUT2D eigenvalue weighted by atomic mass is 10.2. The summed E-state index contributed by atoms with van der Waals surface area (Å²) in [5.41, 5.74) is 0. The number of thioether (sulfide) groups is 1. The van der Waals surface area contributed by atoms with Gasteiger partial charge in [-0.3, -0.25) is 9.59 Å². The number of benzene rings is 1. The molecule has 116 valence electrons. The zero-order chi connectivity index (χ0) is 15.8. The van der Waals surface area contributed by atoms with Gasteiger partial charge in [-0.2, -0.15) is 0 Å². The molecule has 0 aliphatic rings. The number of ether oxygens (including phenoxy) is 1. The van der Waals surface area contributed by atoms with Crippen molar-refractivity contribution in [3.8, 4) is 0 Å². The fourth-order valence-electron chi connectivity index (χ4n) is 1.44. The van der Waals surface area contributed by atoms with Gasteiger partial charge in [-0.25, -0.2) is 0 Å². The van der Waals surface area contributed by atoms with Crippen LogP contribution >= 0.6 is 35.0 Å². The van der Waals surface area contributed by atoms with Crippen LogP contribution in [0.1, 0.15) is 6.42 Å². The number of carbonyl (C=O) groups excluding carboxylic acids is 1. The van der Waals surface area contributed by atoms with Gasteiger partial charge in [0.2, 0.25) is 5.91 Å². The highest BCUT2D eigenvalue weighted by Crippen LogP contribution is 2.29. The van der Waals surface area contributed by atoms with E-state index in [1.54, 1.807) is 18.2 Å². The molecule has 1 rings (SSSR count). The highest BCUT2D eigenvalue weighted by atomic mass is 35.5. The molecule has 1 amide bonds. The van der Waals surface area contributed by atoms with Crippen LogP contribution in [0, 0.1) is 0 Å². The zero-order valence-corrected chi connectivity index (χ0v) is 13.6. The number of carboxylic acid groups (broad SMARTS) is 1. The van der Waals surface area contributed by atoms with Crippen LogP contribution in [0.3, 0.4) is 0 Å². The van der Waals surface area contributed by atoms with Gasteiger partial charge in [-0.05, 0) is 18.2 Å². The number of carboxylic acids is 1. The Bertz CT molecular complexity index is 513. The Kier molecular flexibility index (Phi) is 7.88. The van der Waals surface area contributed by atoms with E-state index in [0.29, 0.717) is 14.9 Å². The van der Waals surface area contributed by atoms with E-state index in [1.165, 1.54) is 18.9 Å². The van der Waals surface area contributed by atoms with Crippen LogP contribution < -0.4 is 5.32 Å². The van der Waals surface area contributed by atoms with Crippen LogP contribution in [-0.4, -0.2) is 42.5 Å². The van der Waals surface area contributed by atoms with Crippen molar-refractivity contribution in [1.29, 1.82) is 0 Å². The van der Waals surface area contributed by atoms with E-state index < -0.39 is 12.1 Å². The minimum Gasteiger partial charge on any atom is -0.481 e. The molecule has 1 aromatic carbocycles. The molecule has 0 radical (unpaired) electrons. The normalized spacial score (nSPS) is 12.0. The van der Waals surface area contributed by atoms with Crippen molar-refractivity contribution in [2.24, 2.45) is 0 Å². The molecule has 0 spiro atoms. The maximum atomic E-state index is 11.7. The average Bonchev–Trinajstić information content (AvgIpc) is 2.44. The quantitative estimate of drug-likeness (QED) is 0.704. The number of rotatable bonds is 8. The van der Waals surface area contributed by atoms with Crippen LogP contribution in [0.25, 0.3) is 0 Å². The Morgan fingerprint density at radius 1 is 1.43 bits per heavy atom. The molecular formula is C13H15Cl2NO4S. The molecule has 1 atom stereocenters. The van der Waals surface area contributed by atoms with E-state index in [1.807, 2.05) is 0 Å². The molecule has 0 heterocycles. The third-order valence-electron chi connectivity index (χ3n) is 2.51. The maximum absolute atomic E-state index is 11.7. The summed E-state index contributed by atoms with van der Waals surface area (Å²) in [6.45, 7) is 0.144. The van der Waals surface area contributed by atoms with E-state index in [2.05, 4.69) is 5.32 Å². The highest BCUT2D eigenvalue weighted by molar-refractivity contribution is 8.00. The summed E-state index contributed by atoms with van der Waals surface area (Å²) in [5, 5.41) is 12.4. The van der Waals surface area contributed by atoms with E-state index >= 15 is 0 Å². The summed E-state index contributed by atoms with van der Waals surface area (Å²) in [6, 6.07) is 5.02. The number of amides is 1. The topological polar surface area (TPSA) is 75.6 Å². The predicted molar refractivity (Wildman–Crippen MR) is 83.2 cm³/mol. The predicted octanol–water partition coefficient (Wildman–Crippen LogP) is 2.69. The van der Waals surface area contributed by atoms with Gasteiger partial charge >= 0.3 is 5.97 Å². The summed E-state index contributed by atoms with van der Waals surface area (Å²) < 4.78 is 4.97. The van der Waals surface area contributed by atoms with Gasteiger partial charge < -0.3 is 15.2 Å². The molecule has 0 fully saturated rings. The minimum atomic E-state index is -0.976. The first-order chi connectivity index (χ1) is 9.92. The second kappa shape index (κ2) is 9.15. The van der Waals surface area contributed by atoms with E-state index in [4.69, 9.17) is 33.0 Å². The lowest BCUT2D eigenvalue weighted by molar-refractivity contribution is -0.140. The molecule has 0 aliphatic carbocycles. The number of methoxy groups -OCH3 is 1. The van der Waals surface area contributed by atoms with Crippen LogP contribution in [0.15, 0.2) is 23.1 Å². The van der Waals surface area contributed by atoms with Crippen molar-refractivity contribution in [3.05, 3.63) is 28.2 Å². The lowest BCUT2D eigenvalue weighted by Crippen LogP contribution is -2.35. The molecule has 5 nitrogen and oxygen atoms in total. The van der Waals surface area contributed by atoms with Gasteiger partial charge in [0.25, 0.3) is 0 Å². The maximum Gasteiger partial charge on any atom is 0.306 e. The number of aliphatic carboxylic acids is 1. The largest absolute Gasteiger partial charge is 0.481 e. The summed E-state index contributed by atoms with van der Waals surface area (Å²) in [5.74, 6) is -1.05. The summed E-state index contributed by atoms with van der Waals surface area (Å²) >= 11 is 13.1. The molecule has 0 aromatic heterocycles. The van der Waals surface area contributed by atoms with E-state index in [-0.39, 0.29) is 24.6 Å². The van der Waals surface area contributed by atoms with Gasteiger partial charge in [-0.15, -0.1) is 11.8 Å². The van der Waals surface area contributed by atoms with Gasteiger partial charge in [0.15, 0.2) is 0 Å². The molecule has 2 N–H and O–H groups in total. The van der Waals surface area contributed by atoms with Crippen LogP contribution in [-0.2, 0) is 14.3 Å². The molecular weight excluding hydrogens is 337 g/mol. The van der Waals surface area contributed by atoms with Crippen molar-refractivity contribution in [2.45, 2.75) is 17.4 Å². The fraction of sp³-hybridized carbons (Fsp3) is 0.385. The second-order valence-corrected chi connectivity index (χ2v) is 5.98. The Morgan fingerprint density at radius 2 is 2.14 bits per heavy atom. The third kappa shape index (κ3) is 7.04. The molecule has 0 aliphatic heterocycles. The second-order valence-electron chi connectivity index (χ2n) is 4.12. The van der Waals surface area contributed by atoms with Gasteiger partial charge in [0.05, 0.1) is 23.3 Å². The first-order valence-corrected chi connectivity index (χ1v) is 7.75. The number of hydrogen-bond acceptors (Lipinski definition) is 4. The van der Waals surface area contributed by atoms with Crippen LogP contribution in [0.2, 0.25) is 10.0 Å². The van der Waals surface area contributed by atoms with E-state index in [9.17, 15) is 9.59 Å². The third-order valence-corrected chi connectivity index (χ3v) is 4.25. The monoisotopic (exact) mass is 351 g/mol. The summed E-state index contributed by atoms with van der Waals surface area (Å²) in [7, 11) is 1.40. The average molecular weight is 352 g/mol. The minimum absolute atomic E-state index is 0.144. The van der Waals surface area contributed by atoms with Crippen molar-refractivity contribution >= 4 is 46.8 Å². The molecule has 0 saturated carbocycles. The summed E-state index contributed by atoms with van der Waals surface area (Å²) in [4.78, 5) is 23.0. The summed E-state index contributed by atoms with van der Waals surface area (Å²) in [6.07, 6.45) is -0.712. The molecule has 0 bridgehead atoms. The van der Waals surface area contributed by atoms with Crippen molar-refractivity contribution in [1.82, 2.24) is 5.32 Å². The fourth-order valence-corrected chi connectivity index (χ4v) is 2.77. The molecule has 0 saturated heterocycles. The molecule has 1 aromatic rings. The van der Waals surface area contributed by atoms with Gasteiger partial charge in [0.1, 0.15) is 0 Å². The SMILES string of the molecule is COC(CNC(=O)CSc1cc(Cl)ccc1Cl)CC(=O)O. The van der Waals surface area contributed by atoms with Crippen LogP contribution in [0.5, 0.6) is 0 Å². The Labute approximate surface area is 136 Å². The lowest BCUT2D eigenvalue weighted by Gasteiger charge is -2.14. The number of halogens is 2. The van der Waals surface area contributed by atoms with Crippen molar-refractivity contribution in [3.63, 3.8) is 0 Å². The van der Waals surface area contributed by atoms with Crippen molar-refractivity contribution < 1.29 is 19.4 Å². The first kappa shape index (κ1) is 18.1. The van der Waals surface area contributed by atoms with E-state index in [0.717, 1.165) is 0 Å². The Hall–Kier alpha value is -0.950. The van der Waals surface area contributed by atoms with Crippen molar-refractivity contribution in [2.75, 3.05) is 19.4 Å². The first-order valence-electron chi connectivity index (χ1n) is 6.01. The van der Waals surface area contributed by atoms with Gasteiger partial charge in [0, 0.05) is 23.6 Å². The Balaban J connectivity index is 2.40. The Morgan fingerprint density at radius 3 is 2.76 bits per heavy atom. The zero-order valence-electron chi connectivity index (χ0n) is 11.3. The highest BCUT2D eigenvalue weighted by Gasteiger charge is 2.14. The number of nitrogens with one attached hydrogen (secondary N) is 1. The van der Waals surface area contributed by atoms with Crippen LogP contribution in [0.4, 0.5) is 0 Å². The number of hydrogen-bond donors (Lipinski definition) is 2. The molecule has 21 heavy (non-hydrogen) atoms. The molecule has 8 heteroatoms. The molecule has 1 unspecified atom stereocenters.